The number of hydrogen-bond donors (Lipinski definition) is 0. The fourth-order valence-electron chi connectivity index (χ4n) is 2.81. The molecule has 1 heterocycles. The average molecular weight is 295 g/mol. The van der Waals surface area contributed by atoms with Gasteiger partial charge >= 0.3 is 6.09 Å². The van der Waals surface area contributed by atoms with Crippen molar-refractivity contribution in [2.24, 2.45) is 0 Å². The van der Waals surface area contributed by atoms with Crippen molar-refractivity contribution in [2.45, 2.75) is 97.2 Å². The number of carbonyl (C=O) groups excluding carboxylic acids is 1. The van der Waals surface area contributed by atoms with Gasteiger partial charge in [0, 0.05) is 6.04 Å². The van der Waals surface area contributed by atoms with Crippen LogP contribution in [0.25, 0.3) is 0 Å². The monoisotopic (exact) mass is 295 g/mol. The van der Waals surface area contributed by atoms with Crippen LogP contribution in [0.15, 0.2) is 12.2 Å². The van der Waals surface area contributed by atoms with E-state index in [1.54, 1.807) is 0 Å². The number of piperidine rings is 1. The zero-order valence-electron chi connectivity index (χ0n) is 14.5. The van der Waals surface area contributed by atoms with E-state index in [0.717, 1.165) is 19.3 Å². The van der Waals surface area contributed by atoms with E-state index in [-0.39, 0.29) is 18.2 Å². The molecular formula is C18H33NO2. The van der Waals surface area contributed by atoms with Crippen molar-refractivity contribution in [1.82, 2.24) is 4.90 Å². The van der Waals surface area contributed by atoms with Gasteiger partial charge in [-0.15, -0.1) is 0 Å². The normalized spacial score (nSPS) is 23.6. The van der Waals surface area contributed by atoms with Gasteiger partial charge in [0.1, 0.15) is 5.60 Å². The largest absolute Gasteiger partial charge is 0.444 e. The fourth-order valence-corrected chi connectivity index (χ4v) is 2.81. The summed E-state index contributed by atoms with van der Waals surface area (Å²) in [4.78, 5) is 14.4. The summed E-state index contributed by atoms with van der Waals surface area (Å²) in [6, 6.07) is 0.462. The zero-order chi connectivity index (χ0) is 15.9. The van der Waals surface area contributed by atoms with Gasteiger partial charge in [0.05, 0.1) is 6.04 Å². The molecule has 0 N–H and O–H groups in total. The Morgan fingerprint density at radius 1 is 1.29 bits per heavy atom. The standard InChI is InChI=1S/C18H33NO2/c1-6-7-8-9-10-13-16-14-11-12-15(2)19(16)17(20)21-18(3,4)5/h10,13,15-16H,6-9,11-12,14H2,1-5H3/b13-10+. The maximum atomic E-state index is 12.4. The van der Waals surface area contributed by atoms with Crippen LogP contribution < -0.4 is 0 Å². The van der Waals surface area contributed by atoms with Crippen LogP contribution in [-0.4, -0.2) is 28.7 Å². The Bertz CT molecular complexity index is 344. The number of unbranched alkanes of at least 4 members (excludes halogenated alkanes) is 3. The summed E-state index contributed by atoms with van der Waals surface area (Å²) in [7, 11) is 0. The number of nitrogens with zero attached hydrogens (tertiary/aromatic N) is 1. The molecule has 21 heavy (non-hydrogen) atoms. The lowest BCUT2D eigenvalue weighted by Gasteiger charge is -2.40. The van der Waals surface area contributed by atoms with E-state index in [0.29, 0.717) is 0 Å². The van der Waals surface area contributed by atoms with Gasteiger partial charge in [-0.2, -0.15) is 0 Å². The second-order valence-corrected chi connectivity index (χ2v) is 7.16. The molecule has 0 radical (unpaired) electrons. The van der Waals surface area contributed by atoms with Gasteiger partial charge in [0.25, 0.3) is 0 Å². The molecule has 0 aromatic carbocycles. The number of rotatable bonds is 5. The molecule has 1 amide bonds. The van der Waals surface area contributed by atoms with Crippen LogP contribution in [0.2, 0.25) is 0 Å². The highest BCUT2D eigenvalue weighted by molar-refractivity contribution is 5.69. The van der Waals surface area contributed by atoms with Gasteiger partial charge in [-0.05, 0) is 59.8 Å². The van der Waals surface area contributed by atoms with Crippen LogP contribution in [0.1, 0.15) is 79.6 Å². The molecule has 0 saturated carbocycles. The minimum atomic E-state index is -0.427. The average Bonchev–Trinajstić information content (AvgIpc) is 2.36. The second-order valence-electron chi connectivity index (χ2n) is 7.16. The Morgan fingerprint density at radius 3 is 2.62 bits per heavy atom. The first-order valence-corrected chi connectivity index (χ1v) is 8.53. The molecule has 0 aromatic rings. The van der Waals surface area contributed by atoms with E-state index in [2.05, 4.69) is 26.0 Å². The maximum Gasteiger partial charge on any atom is 0.411 e. The van der Waals surface area contributed by atoms with E-state index in [1.165, 1.54) is 25.7 Å². The van der Waals surface area contributed by atoms with Crippen molar-refractivity contribution in [3.05, 3.63) is 12.2 Å². The lowest BCUT2D eigenvalue weighted by atomic mass is 9.96. The van der Waals surface area contributed by atoms with Gasteiger partial charge in [-0.1, -0.05) is 31.9 Å². The number of carbonyl (C=O) groups is 1. The molecule has 2 atom stereocenters. The number of amides is 1. The van der Waals surface area contributed by atoms with Crippen LogP contribution in [0.3, 0.4) is 0 Å². The summed E-state index contributed by atoms with van der Waals surface area (Å²) in [5.41, 5.74) is -0.427. The van der Waals surface area contributed by atoms with Crippen molar-refractivity contribution >= 4 is 6.09 Å². The van der Waals surface area contributed by atoms with Gasteiger partial charge in [-0.25, -0.2) is 4.79 Å². The molecule has 122 valence electrons. The fraction of sp³-hybridized carbons (Fsp3) is 0.833. The van der Waals surface area contributed by atoms with Crippen molar-refractivity contribution in [2.75, 3.05) is 0 Å². The Balaban J connectivity index is 2.63. The number of ether oxygens (including phenoxy) is 1. The first-order chi connectivity index (χ1) is 9.85. The summed E-state index contributed by atoms with van der Waals surface area (Å²) in [6.45, 7) is 10.1. The predicted molar refractivity (Wildman–Crippen MR) is 88.5 cm³/mol. The Morgan fingerprint density at radius 2 is 2.00 bits per heavy atom. The summed E-state index contributed by atoms with van der Waals surface area (Å²) >= 11 is 0. The van der Waals surface area contributed by atoms with Crippen molar-refractivity contribution in [1.29, 1.82) is 0 Å². The van der Waals surface area contributed by atoms with Crippen LogP contribution >= 0.6 is 0 Å². The summed E-state index contributed by atoms with van der Waals surface area (Å²) < 4.78 is 5.58. The van der Waals surface area contributed by atoms with E-state index in [1.807, 2.05) is 25.7 Å². The lowest BCUT2D eigenvalue weighted by molar-refractivity contribution is 0.00358. The van der Waals surface area contributed by atoms with Crippen molar-refractivity contribution in [3.8, 4) is 0 Å². The van der Waals surface area contributed by atoms with Crippen molar-refractivity contribution < 1.29 is 9.53 Å². The quantitative estimate of drug-likeness (QED) is 0.508. The van der Waals surface area contributed by atoms with Crippen LogP contribution in [0, 0.1) is 0 Å². The molecule has 1 fully saturated rings. The van der Waals surface area contributed by atoms with Gasteiger partial charge in [-0.3, -0.25) is 4.90 Å². The van der Waals surface area contributed by atoms with Gasteiger partial charge in [0.15, 0.2) is 0 Å². The SMILES string of the molecule is CCCCC/C=C/C1CCCC(C)N1C(=O)OC(C)(C)C. The Hall–Kier alpha value is -0.990. The molecule has 1 saturated heterocycles. The number of hydrogen-bond acceptors (Lipinski definition) is 2. The molecular weight excluding hydrogens is 262 g/mol. The molecule has 1 aliphatic rings. The highest BCUT2D eigenvalue weighted by Gasteiger charge is 2.33. The van der Waals surface area contributed by atoms with Crippen molar-refractivity contribution in [3.63, 3.8) is 0 Å². The summed E-state index contributed by atoms with van der Waals surface area (Å²) in [5.74, 6) is 0. The van der Waals surface area contributed by atoms with E-state index in [4.69, 9.17) is 4.74 Å². The van der Waals surface area contributed by atoms with Gasteiger partial charge < -0.3 is 4.74 Å². The number of likely N-dealkylation sites (tertiary alicyclic amines) is 1. The van der Waals surface area contributed by atoms with E-state index in [9.17, 15) is 4.79 Å². The third-order valence-corrected chi connectivity index (χ3v) is 3.89. The Kier molecular flexibility index (Phi) is 7.27. The molecule has 0 aliphatic carbocycles. The molecule has 1 rings (SSSR count). The minimum Gasteiger partial charge on any atom is -0.444 e. The lowest BCUT2D eigenvalue weighted by Crippen LogP contribution is -2.49. The topological polar surface area (TPSA) is 29.5 Å². The third kappa shape index (κ3) is 6.54. The smallest absolute Gasteiger partial charge is 0.411 e. The molecule has 1 aliphatic heterocycles. The highest BCUT2D eigenvalue weighted by atomic mass is 16.6. The number of allylic oxidation sites excluding steroid dienone is 1. The third-order valence-electron chi connectivity index (χ3n) is 3.89. The molecule has 0 bridgehead atoms. The molecule has 2 unspecified atom stereocenters. The van der Waals surface area contributed by atoms with Crippen LogP contribution in [0.5, 0.6) is 0 Å². The molecule has 0 aromatic heterocycles. The first kappa shape index (κ1) is 18.1. The minimum absolute atomic E-state index is 0.169. The first-order valence-electron chi connectivity index (χ1n) is 8.53. The molecule has 3 nitrogen and oxygen atoms in total. The van der Waals surface area contributed by atoms with E-state index >= 15 is 0 Å². The maximum absolute atomic E-state index is 12.4. The summed E-state index contributed by atoms with van der Waals surface area (Å²) in [6.07, 6.45) is 12.5. The van der Waals surface area contributed by atoms with Crippen LogP contribution in [0.4, 0.5) is 4.79 Å². The zero-order valence-corrected chi connectivity index (χ0v) is 14.5. The summed E-state index contributed by atoms with van der Waals surface area (Å²) in [5, 5.41) is 0. The Labute approximate surface area is 130 Å². The van der Waals surface area contributed by atoms with E-state index < -0.39 is 5.60 Å². The van der Waals surface area contributed by atoms with Crippen LogP contribution in [-0.2, 0) is 4.74 Å². The van der Waals surface area contributed by atoms with Gasteiger partial charge in [0.2, 0.25) is 0 Å². The molecule has 3 heteroatoms. The highest BCUT2D eigenvalue weighted by Crippen LogP contribution is 2.26. The second kappa shape index (κ2) is 8.45. The predicted octanol–water partition coefficient (Wildman–Crippen LogP) is 5.30. The molecule has 0 spiro atoms.